The first kappa shape index (κ1) is 16.5. The molecule has 0 saturated carbocycles. The van der Waals surface area contributed by atoms with Gasteiger partial charge in [-0.15, -0.1) is 5.10 Å². The molecule has 2 aromatic rings. The van der Waals surface area contributed by atoms with Gasteiger partial charge in [0, 0.05) is 13.8 Å². The van der Waals surface area contributed by atoms with Crippen molar-refractivity contribution in [2.24, 2.45) is 15.9 Å². The molecule has 0 radical (unpaired) electrons. The molecule has 0 bridgehead atoms. The van der Waals surface area contributed by atoms with Gasteiger partial charge in [-0.05, 0) is 61.8 Å². The van der Waals surface area contributed by atoms with Gasteiger partial charge in [0.25, 0.3) is 0 Å². The van der Waals surface area contributed by atoms with Crippen LogP contribution in [0.2, 0.25) is 0 Å². The highest BCUT2D eigenvalue weighted by Gasteiger charge is 1.97. The maximum Gasteiger partial charge on any atom is 0.180 e. The Morgan fingerprint density at radius 2 is 2.00 bits per heavy atom. The fraction of sp³-hybridized carbons (Fsp3) is 0.0667. The van der Waals surface area contributed by atoms with E-state index >= 15 is 0 Å². The van der Waals surface area contributed by atoms with Gasteiger partial charge in [0.1, 0.15) is 0 Å². The van der Waals surface area contributed by atoms with E-state index < -0.39 is 0 Å². The zero-order valence-electron chi connectivity index (χ0n) is 11.0. The lowest BCUT2D eigenvalue weighted by molar-refractivity contribution is 1.25. The second-order valence-electron chi connectivity index (χ2n) is 4.13. The molecule has 0 atom stereocenters. The topological polar surface area (TPSA) is 50.7 Å². The van der Waals surface area contributed by atoms with E-state index in [9.17, 15) is 0 Å². The van der Waals surface area contributed by atoms with Crippen molar-refractivity contribution in [3.05, 3.63) is 67.7 Å². The Morgan fingerprint density at radius 1 is 1.24 bits per heavy atom. The maximum atomic E-state index is 5.83. The second kappa shape index (κ2) is 8.55. The van der Waals surface area contributed by atoms with Crippen LogP contribution in [0.3, 0.4) is 0 Å². The summed E-state index contributed by atoms with van der Waals surface area (Å²) < 4.78 is 2.20. The van der Waals surface area contributed by atoms with Gasteiger partial charge in [-0.3, -0.25) is 0 Å². The third-order valence-electron chi connectivity index (χ3n) is 2.54. The number of rotatable bonds is 4. The first-order chi connectivity index (χ1) is 10.1. The standard InChI is InChI=1S/C15H13BrIN3S/c16-13-8-12(6-7-14(13)17)9-19-20-15(18)21-10-11-4-2-1-3-5-11/h1-9H,10H2,(H2,18,20). The van der Waals surface area contributed by atoms with Crippen molar-refractivity contribution in [3.8, 4) is 0 Å². The number of halogens is 2. The molecule has 3 nitrogen and oxygen atoms in total. The third-order valence-corrected chi connectivity index (χ3v) is 5.73. The van der Waals surface area contributed by atoms with Crippen LogP contribution in [0.1, 0.15) is 11.1 Å². The molecular formula is C15H13BrIN3S. The zero-order valence-corrected chi connectivity index (χ0v) is 15.6. The van der Waals surface area contributed by atoms with Crippen molar-refractivity contribution in [1.29, 1.82) is 0 Å². The van der Waals surface area contributed by atoms with Crippen LogP contribution >= 0.6 is 50.3 Å². The van der Waals surface area contributed by atoms with Crippen LogP contribution < -0.4 is 5.73 Å². The lowest BCUT2D eigenvalue weighted by Gasteiger charge is -1.99. The Balaban J connectivity index is 1.90. The van der Waals surface area contributed by atoms with E-state index in [1.54, 1.807) is 6.21 Å². The predicted molar refractivity (Wildman–Crippen MR) is 104 cm³/mol. The van der Waals surface area contributed by atoms with Gasteiger partial charge in [-0.2, -0.15) is 5.10 Å². The molecule has 0 heterocycles. The lowest BCUT2D eigenvalue weighted by Crippen LogP contribution is -2.05. The molecule has 0 fully saturated rings. The third kappa shape index (κ3) is 5.80. The van der Waals surface area contributed by atoms with E-state index in [1.165, 1.54) is 17.3 Å². The molecule has 108 valence electrons. The van der Waals surface area contributed by atoms with Gasteiger partial charge >= 0.3 is 0 Å². The van der Waals surface area contributed by atoms with Crippen LogP contribution in [-0.2, 0) is 5.75 Å². The van der Waals surface area contributed by atoms with Gasteiger partial charge in [-0.1, -0.05) is 48.2 Å². The summed E-state index contributed by atoms with van der Waals surface area (Å²) in [6, 6.07) is 16.1. The predicted octanol–water partition coefficient (Wildman–Crippen LogP) is 4.64. The smallest absolute Gasteiger partial charge is 0.180 e. The van der Waals surface area contributed by atoms with Crippen molar-refractivity contribution in [2.45, 2.75) is 5.75 Å². The minimum Gasteiger partial charge on any atom is -0.377 e. The first-order valence-electron chi connectivity index (χ1n) is 6.13. The summed E-state index contributed by atoms with van der Waals surface area (Å²) in [5.41, 5.74) is 8.02. The molecule has 21 heavy (non-hydrogen) atoms. The average Bonchev–Trinajstić information content (AvgIpc) is 2.50. The Morgan fingerprint density at radius 3 is 2.71 bits per heavy atom. The number of amidine groups is 1. The minimum atomic E-state index is 0.458. The molecule has 0 amide bonds. The van der Waals surface area contributed by atoms with E-state index in [2.05, 4.69) is 60.9 Å². The Labute approximate surface area is 150 Å². The summed E-state index contributed by atoms with van der Waals surface area (Å²) in [6.07, 6.45) is 1.69. The summed E-state index contributed by atoms with van der Waals surface area (Å²) in [6.45, 7) is 0. The van der Waals surface area contributed by atoms with E-state index in [1.807, 2.05) is 36.4 Å². The van der Waals surface area contributed by atoms with Crippen molar-refractivity contribution in [2.75, 3.05) is 0 Å². The zero-order chi connectivity index (χ0) is 15.1. The Hall–Kier alpha value is -0.860. The molecule has 2 N–H and O–H groups in total. The number of thioether (sulfide) groups is 1. The summed E-state index contributed by atoms with van der Waals surface area (Å²) in [4.78, 5) is 0. The van der Waals surface area contributed by atoms with Gasteiger partial charge in [0.05, 0.1) is 6.21 Å². The van der Waals surface area contributed by atoms with Gasteiger partial charge in [0.2, 0.25) is 0 Å². The van der Waals surface area contributed by atoms with Crippen molar-refractivity contribution in [1.82, 2.24) is 0 Å². The van der Waals surface area contributed by atoms with Gasteiger partial charge in [0.15, 0.2) is 5.17 Å². The number of hydrogen-bond donors (Lipinski definition) is 1. The summed E-state index contributed by atoms with van der Waals surface area (Å²) in [5, 5.41) is 8.47. The first-order valence-corrected chi connectivity index (χ1v) is 8.99. The molecule has 2 aromatic carbocycles. The van der Waals surface area contributed by atoms with E-state index in [4.69, 9.17) is 5.73 Å². The number of benzene rings is 2. The number of nitrogens with two attached hydrogens (primary N) is 1. The van der Waals surface area contributed by atoms with Crippen molar-refractivity contribution < 1.29 is 0 Å². The Bertz CT molecular complexity index is 659. The number of nitrogens with zero attached hydrogens (tertiary/aromatic N) is 2. The van der Waals surface area contributed by atoms with Crippen LogP contribution in [0.15, 0.2) is 63.2 Å². The largest absolute Gasteiger partial charge is 0.377 e. The van der Waals surface area contributed by atoms with Crippen molar-refractivity contribution >= 4 is 61.7 Å². The molecule has 0 unspecified atom stereocenters. The Kier molecular flexibility index (Phi) is 6.72. The van der Waals surface area contributed by atoms with Crippen LogP contribution in [0.5, 0.6) is 0 Å². The molecule has 0 aliphatic rings. The molecule has 0 saturated heterocycles. The van der Waals surface area contributed by atoms with E-state index in [0.29, 0.717) is 5.17 Å². The highest BCUT2D eigenvalue weighted by Crippen LogP contribution is 2.19. The van der Waals surface area contributed by atoms with E-state index in [-0.39, 0.29) is 0 Å². The minimum absolute atomic E-state index is 0.458. The summed E-state index contributed by atoms with van der Waals surface area (Å²) in [5.74, 6) is 0.792. The van der Waals surface area contributed by atoms with Gasteiger partial charge < -0.3 is 5.73 Å². The van der Waals surface area contributed by atoms with Crippen LogP contribution in [0.4, 0.5) is 0 Å². The highest BCUT2D eigenvalue weighted by atomic mass is 127. The fourth-order valence-electron chi connectivity index (χ4n) is 1.51. The summed E-state index contributed by atoms with van der Waals surface area (Å²) >= 11 is 7.22. The fourth-order valence-corrected chi connectivity index (χ4v) is 2.85. The molecule has 6 heteroatoms. The SMILES string of the molecule is NC(=NN=Cc1ccc(I)c(Br)c1)SCc1ccccc1. The molecule has 0 aliphatic heterocycles. The second-order valence-corrected chi connectivity index (χ2v) is 7.14. The van der Waals surface area contributed by atoms with Crippen LogP contribution in [-0.4, -0.2) is 11.4 Å². The van der Waals surface area contributed by atoms with Crippen molar-refractivity contribution in [3.63, 3.8) is 0 Å². The highest BCUT2D eigenvalue weighted by molar-refractivity contribution is 14.1. The van der Waals surface area contributed by atoms with Gasteiger partial charge in [-0.25, -0.2) is 0 Å². The molecule has 2 rings (SSSR count). The molecule has 0 spiro atoms. The van der Waals surface area contributed by atoms with Crippen LogP contribution in [0, 0.1) is 3.57 Å². The molecular weight excluding hydrogens is 461 g/mol. The summed E-state index contributed by atoms with van der Waals surface area (Å²) in [7, 11) is 0. The monoisotopic (exact) mass is 473 g/mol. The maximum absolute atomic E-state index is 5.83. The average molecular weight is 474 g/mol. The number of hydrogen-bond acceptors (Lipinski definition) is 3. The van der Waals surface area contributed by atoms with Crippen LogP contribution in [0.25, 0.3) is 0 Å². The lowest BCUT2D eigenvalue weighted by atomic mass is 10.2. The molecule has 0 aliphatic carbocycles. The molecule has 0 aromatic heterocycles. The quantitative estimate of drug-likeness (QED) is 0.304. The van der Waals surface area contributed by atoms with E-state index in [0.717, 1.165) is 19.4 Å². The normalized spacial score (nSPS) is 12.0.